The highest BCUT2D eigenvalue weighted by molar-refractivity contribution is 5.84. The average Bonchev–Trinajstić information content (AvgIpc) is 2.27. The number of carbonyl (C=O) groups excluding carboxylic acids is 1. The molecule has 5 heteroatoms. The second kappa shape index (κ2) is 6.52. The van der Waals surface area contributed by atoms with Gasteiger partial charge in [0.1, 0.15) is 0 Å². The molecule has 5 nitrogen and oxygen atoms in total. The lowest BCUT2D eigenvalue weighted by Gasteiger charge is -2.06. The molecule has 0 heterocycles. The van der Waals surface area contributed by atoms with Crippen molar-refractivity contribution in [2.45, 2.75) is 19.8 Å². The minimum Gasteiger partial charge on any atom is -0.481 e. The Bertz CT molecular complexity index is 403. The van der Waals surface area contributed by atoms with Crippen molar-refractivity contribution in [2.24, 2.45) is 0 Å². The summed E-state index contributed by atoms with van der Waals surface area (Å²) in [6.45, 7) is 2.04. The number of carboxylic acids is 1. The molecule has 1 rings (SSSR count). The molecule has 0 saturated carbocycles. The number of nitrogens with one attached hydrogen (secondary N) is 1. The van der Waals surface area contributed by atoms with Crippen LogP contribution in [-0.2, 0) is 16.0 Å². The van der Waals surface area contributed by atoms with Crippen LogP contribution in [0.4, 0.5) is 10.5 Å². The van der Waals surface area contributed by atoms with Gasteiger partial charge in [-0.2, -0.15) is 0 Å². The van der Waals surface area contributed by atoms with Crippen LogP contribution in [0.1, 0.15) is 18.9 Å². The molecule has 0 saturated heterocycles. The van der Waals surface area contributed by atoms with E-state index in [-0.39, 0.29) is 6.42 Å². The van der Waals surface area contributed by atoms with Crippen molar-refractivity contribution in [1.82, 2.24) is 0 Å². The number of hydrogen-bond donors (Lipinski definition) is 2. The van der Waals surface area contributed by atoms with E-state index < -0.39 is 12.1 Å². The van der Waals surface area contributed by atoms with Crippen LogP contribution in [0.25, 0.3) is 0 Å². The molecule has 0 unspecified atom stereocenters. The lowest BCUT2D eigenvalue weighted by Crippen LogP contribution is -2.13. The Morgan fingerprint density at radius 3 is 2.82 bits per heavy atom. The van der Waals surface area contributed by atoms with E-state index >= 15 is 0 Å². The molecule has 2 N–H and O–H groups in total. The smallest absolute Gasteiger partial charge is 0.411 e. The normalized spacial score (nSPS) is 9.71. The average molecular weight is 237 g/mol. The number of carbonyl (C=O) groups is 2. The predicted molar refractivity (Wildman–Crippen MR) is 63.0 cm³/mol. The van der Waals surface area contributed by atoms with E-state index in [1.54, 1.807) is 25.1 Å². The predicted octanol–water partition coefficient (Wildman–Crippen LogP) is 2.27. The summed E-state index contributed by atoms with van der Waals surface area (Å²) < 4.78 is 4.74. The zero-order valence-electron chi connectivity index (χ0n) is 9.60. The Kier molecular flexibility index (Phi) is 5.00. The van der Waals surface area contributed by atoms with Crippen molar-refractivity contribution in [3.8, 4) is 0 Å². The summed E-state index contributed by atoms with van der Waals surface area (Å²) in [5, 5.41) is 11.1. The first-order valence-electron chi connectivity index (χ1n) is 5.36. The molecule has 1 aromatic rings. The third-order valence-electron chi connectivity index (χ3n) is 2.08. The summed E-state index contributed by atoms with van der Waals surface area (Å²) in [6, 6.07) is 7.04. The zero-order valence-corrected chi connectivity index (χ0v) is 9.60. The number of ether oxygens (including phenoxy) is 1. The molecule has 1 aromatic carbocycles. The van der Waals surface area contributed by atoms with Gasteiger partial charge in [0.2, 0.25) is 0 Å². The maximum absolute atomic E-state index is 11.2. The van der Waals surface area contributed by atoms with E-state index in [1.165, 1.54) is 0 Å². The van der Waals surface area contributed by atoms with Crippen LogP contribution in [0, 0.1) is 0 Å². The summed E-state index contributed by atoms with van der Waals surface area (Å²) in [7, 11) is 0. The Morgan fingerprint density at radius 1 is 1.41 bits per heavy atom. The minimum absolute atomic E-state index is 0.0723. The van der Waals surface area contributed by atoms with Crippen LogP contribution in [0.15, 0.2) is 24.3 Å². The van der Waals surface area contributed by atoms with Gasteiger partial charge in [-0.1, -0.05) is 12.1 Å². The third-order valence-corrected chi connectivity index (χ3v) is 2.08. The molecule has 0 atom stereocenters. The number of anilines is 1. The first-order valence-corrected chi connectivity index (χ1v) is 5.36. The lowest BCUT2D eigenvalue weighted by molar-refractivity contribution is -0.136. The second-order valence-electron chi connectivity index (χ2n) is 3.44. The Labute approximate surface area is 99.4 Å². The van der Waals surface area contributed by atoms with E-state index in [9.17, 15) is 9.59 Å². The fourth-order valence-corrected chi connectivity index (χ4v) is 1.34. The minimum atomic E-state index is -0.839. The summed E-state index contributed by atoms with van der Waals surface area (Å²) in [5.74, 6) is -0.839. The molecule has 1 amide bonds. The van der Waals surface area contributed by atoms with E-state index in [1.807, 2.05) is 6.07 Å². The van der Waals surface area contributed by atoms with Crippen LogP contribution in [0.2, 0.25) is 0 Å². The van der Waals surface area contributed by atoms with Crippen molar-refractivity contribution in [2.75, 3.05) is 11.9 Å². The highest BCUT2D eigenvalue weighted by Crippen LogP contribution is 2.12. The SMILES string of the molecule is CCOC(=O)Nc1cccc(CCC(=O)O)c1. The fraction of sp³-hybridized carbons (Fsp3) is 0.333. The van der Waals surface area contributed by atoms with Crippen molar-refractivity contribution < 1.29 is 19.4 Å². The van der Waals surface area contributed by atoms with Crippen LogP contribution >= 0.6 is 0 Å². The van der Waals surface area contributed by atoms with Gasteiger partial charge in [-0.15, -0.1) is 0 Å². The molecule has 0 spiro atoms. The number of carboxylic acid groups (broad SMARTS) is 1. The summed E-state index contributed by atoms with van der Waals surface area (Å²) >= 11 is 0. The summed E-state index contributed by atoms with van der Waals surface area (Å²) in [4.78, 5) is 21.6. The maximum Gasteiger partial charge on any atom is 0.411 e. The Hall–Kier alpha value is -2.04. The van der Waals surface area contributed by atoms with Gasteiger partial charge in [-0.25, -0.2) is 4.79 Å². The largest absolute Gasteiger partial charge is 0.481 e. The molecule has 0 bridgehead atoms. The summed E-state index contributed by atoms with van der Waals surface area (Å²) in [6.07, 6.45) is -0.000763. The second-order valence-corrected chi connectivity index (χ2v) is 3.44. The van der Waals surface area contributed by atoms with Crippen molar-refractivity contribution >= 4 is 17.7 Å². The number of rotatable bonds is 5. The van der Waals surface area contributed by atoms with Gasteiger partial charge < -0.3 is 9.84 Å². The molecule has 0 aliphatic heterocycles. The van der Waals surface area contributed by atoms with E-state index in [4.69, 9.17) is 9.84 Å². The maximum atomic E-state index is 11.2. The molecular weight excluding hydrogens is 222 g/mol. The van der Waals surface area contributed by atoms with Crippen LogP contribution in [-0.4, -0.2) is 23.8 Å². The Balaban J connectivity index is 2.59. The highest BCUT2D eigenvalue weighted by atomic mass is 16.5. The van der Waals surface area contributed by atoms with Crippen molar-refractivity contribution in [1.29, 1.82) is 0 Å². The molecule has 0 aromatic heterocycles. The van der Waals surface area contributed by atoms with Crippen molar-refractivity contribution in [3.63, 3.8) is 0 Å². The number of hydrogen-bond acceptors (Lipinski definition) is 3. The number of benzene rings is 1. The van der Waals surface area contributed by atoms with Crippen LogP contribution in [0.5, 0.6) is 0 Å². The van der Waals surface area contributed by atoms with E-state index in [0.29, 0.717) is 18.7 Å². The third kappa shape index (κ3) is 5.01. The van der Waals surface area contributed by atoms with Crippen LogP contribution in [0.3, 0.4) is 0 Å². The topological polar surface area (TPSA) is 75.6 Å². The molecular formula is C12H15NO4. The first kappa shape index (κ1) is 13.0. The molecule has 0 aliphatic carbocycles. The molecule has 92 valence electrons. The Morgan fingerprint density at radius 2 is 2.18 bits per heavy atom. The van der Waals surface area contributed by atoms with Crippen molar-refractivity contribution in [3.05, 3.63) is 29.8 Å². The van der Waals surface area contributed by atoms with Gasteiger partial charge in [0.15, 0.2) is 0 Å². The molecule has 0 aliphatic rings. The standard InChI is InChI=1S/C12H15NO4/c1-2-17-12(16)13-10-5-3-4-9(8-10)6-7-11(14)15/h3-5,8H,2,6-7H2,1H3,(H,13,16)(H,14,15). The number of amides is 1. The highest BCUT2D eigenvalue weighted by Gasteiger charge is 2.03. The lowest BCUT2D eigenvalue weighted by atomic mass is 10.1. The van der Waals surface area contributed by atoms with Gasteiger partial charge in [0, 0.05) is 12.1 Å². The number of aliphatic carboxylic acids is 1. The molecule has 0 radical (unpaired) electrons. The molecule has 0 fully saturated rings. The van der Waals surface area contributed by atoms with Gasteiger partial charge in [0.05, 0.1) is 6.61 Å². The fourth-order valence-electron chi connectivity index (χ4n) is 1.34. The quantitative estimate of drug-likeness (QED) is 0.823. The van der Waals surface area contributed by atoms with Gasteiger partial charge in [-0.05, 0) is 31.0 Å². The summed E-state index contributed by atoms with van der Waals surface area (Å²) in [5.41, 5.74) is 1.47. The van der Waals surface area contributed by atoms with Crippen LogP contribution < -0.4 is 5.32 Å². The zero-order chi connectivity index (χ0) is 12.7. The molecule has 17 heavy (non-hydrogen) atoms. The van der Waals surface area contributed by atoms with Gasteiger partial charge >= 0.3 is 12.1 Å². The van der Waals surface area contributed by atoms with Gasteiger partial charge in [0.25, 0.3) is 0 Å². The van der Waals surface area contributed by atoms with E-state index in [2.05, 4.69) is 5.32 Å². The van der Waals surface area contributed by atoms with Gasteiger partial charge in [-0.3, -0.25) is 10.1 Å². The van der Waals surface area contributed by atoms with E-state index in [0.717, 1.165) is 5.56 Å². The number of aryl methyl sites for hydroxylation is 1. The first-order chi connectivity index (χ1) is 8.11. The monoisotopic (exact) mass is 237 g/mol.